The Morgan fingerprint density at radius 2 is 2.00 bits per heavy atom. The van der Waals surface area contributed by atoms with Crippen molar-refractivity contribution < 1.29 is 8.42 Å². The first-order valence-electron chi connectivity index (χ1n) is 7.82. The zero-order chi connectivity index (χ0) is 18.0. The van der Waals surface area contributed by atoms with E-state index >= 15 is 0 Å². The van der Waals surface area contributed by atoms with Crippen LogP contribution in [0.15, 0.2) is 29.4 Å². The molecule has 2 heterocycles. The van der Waals surface area contributed by atoms with Gasteiger partial charge in [0.15, 0.2) is 15.0 Å². The Balaban J connectivity index is 2.04. The van der Waals surface area contributed by atoms with Crippen LogP contribution in [0.5, 0.6) is 0 Å². The molecule has 1 aliphatic rings. The summed E-state index contributed by atoms with van der Waals surface area (Å²) in [5.74, 6) is 0.633. The predicted molar refractivity (Wildman–Crippen MR) is 99.4 cm³/mol. The molecule has 1 aromatic carbocycles. The lowest BCUT2D eigenvalue weighted by atomic mass is 10.1. The van der Waals surface area contributed by atoms with Gasteiger partial charge in [0.05, 0.1) is 17.2 Å². The molecule has 1 unspecified atom stereocenters. The average molecular weight is 374 g/mol. The van der Waals surface area contributed by atoms with Crippen molar-refractivity contribution in [1.82, 2.24) is 9.97 Å². The lowest BCUT2D eigenvalue weighted by Gasteiger charge is -2.15. The highest BCUT2D eigenvalue weighted by Gasteiger charge is 2.29. The highest BCUT2D eigenvalue weighted by atomic mass is 32.2. The fraction of sp³-hybridized carbons (Fsp3) is 0.353. The number of nitrogens with zero attached hydrogens (tertiary/aromatic N) is 3. The first-order valence-corrected chi connectivity index (χ1v) is 10.9. The third kappa shape index (κ3) is 3.94. The summed E-state index contributed by atoms with van der Waals surface area (Å²) in [5.41, 5.74) is 2.86. The monoisotopic (exact) mass is 374 g/mol. The van der Waals surface area contributed by atoms with Crippen LogP contribution in [0.1, 0.15) is 17.5 Å². The molecule has 8 heteroatoms. The smallest absolute Gasteiger partial charge is 0.189 e. The minimum absolute atomic E-state index is 0.0658. The van der Waals surface area contributed by atoms with Crippen LogP contribution in [0.3, 0.4) is 0 Å². The zero-order valence-electron chi connectivity index (χ0n) is 14.0. The number of sulfone groups is 1. The molecule has 1 atom stereocenters. The van der Waals surface area contributed by atoms with Gasteiger partial charge >= 0.3 is 0 Å². The molecular formula is C17H18N4O2S2. The fourth-order valence-corrected chi connectivity index (χ4v) is 4.80. The van der Waals surface area contributed by atoms with Crippen LogP contribution in [-0.2, 0) is 9.84 Å². The van der Waals surface area contributed by atoms with Crippen molar-refractivity contribution in [3.05, 3.63) is 35.4 Å². The third-order valence-corrected chi connectivity index (χ3v) is 6.40. The molecule has 0 radical (unpaired) electrons. The number of benzene rings is 1. The molecular weight excluding hydrogens is 356 g/mol. The van der Waals surface area contributed by atoms with E-state index < -0.39 is 9.84 Å². The summed E-state index contributed by atoms with van der Waals surface area (Å²) in [6, 6.07) is 9.73. The summed E-state index contributed by atoms with van der Waals surface area (Å²) in [7, 11) is -3.01. The maximum Gasteiger partial charge on any atom is 0.189 e. The van der Waals surface area contributed by atoms with Crippen LogP contribution in [0, 0.1) is 18.3 Å². The van der Waals surface area contributed by atoms with Crippen molar-refractivity contribution in [2.24, 2.45) is 0 Å². The first-order chi connectivity index (χ1) is 11.9. The van der Waals surface area contributed by atoms with E-state index in [1.165, 1.54) is 11.8 Å². The number of anilines is 1. The van der Waals surface area contributed by atoms with E-state index in [1.807, 2.05) is 37.4 Å². The molecule has 2 aromatic rings. The van der Waals surface area contributed by atoms with Gasteiger partial charge in [-0.05, 0) is 19.6 Å². The normalized spacial score (nSPS) is 18.7. The van der Waals surface area contributed by atoms with Gasteiger partial charge in [0.2, 0.25) is 0 Å². The molecule has 1 aliphatic heterocycles. The van der Waals surface area contributed by atoms with Crippen molar-refractivity contribution in [2.45, 2.75) is 24.5 Å². The van der Waals surface area contributed by atoms with Gasteiger partial charge in [0, 0.05) is 11.6 Å². The van der Waals surface area contributed by atoms with E-state index in [4.69, 9.17) is 0 Å². The molecule has 6 nitrogen and oxygen atoms in total. The molecule has 1 N–H and O–H groups in total. The maximum atomic E-state index is 11.7. The minimum atomic E-state index is -3.01. The van der Waals surface area contributed by atoms with Gasteiger partial charge in [-0.25, -0.2) is 18.4 Å². The Labute approximate surface area is 151 Å². The Bertz CT molecular complexity index is 934. The van der Waals surface area contributed by atoms with Crippen molar-refractivity contribution in [2.75, 3.05) is 23.1 Å². The minimum Gasteiger partial charge on any atom is -0.365 e. The van der Waals surface area contributed by atoms with Gasteiger partial charge in [-0.2, -0.15) is 5.26 Å². The second-order valence-corrected chi connectivity index (χ2v) is 9.01. The Morgan fingerprint density at radius 3 is 2.56 bits per heavy atom. The molecule has 0 aliphatic carbocycles. The van der Waals surface area contributed by atoms with E-state index in [9.17, 15) is 13.7 Å². The van der Waals surface area contributed by atoms with E-state index in [0.29, 0.717) is 28.7 Å². The summed E-state index contributed by atoms with van der Waals surface area (Å²) in [6.07, 6.45) is 2.38. The second-order valence-electron chi connectivity index (χ2n) is 6.00. The van der Waals surface area contributed by atoms with Crippen LogP contribution < -0.4 is 5.32 Å². The fourth-order valence-electron chi connectivity index (χ4n) is 2.76. The number of nitriles is 1. The van der Waals surface area contributed by atoms with Gasteiger partial charge in [-0.1, -0.05) is 41.6 Å². The molecule has 0 amide bonds. The van der Waals surface area contributed by atoms with Crippen LogP contribution in [0.2, 0.25) is 0 Å². The van der Waals surface area contributed by atoms with Crippen LogP contribution in [-0.4, -0.2) is 42.2 Å². The molecule has 1 fully saturated rings. The number of rotatable bonds is 4. The number of hydrogen-bond donors (Lipinski definition) is 1. The molecule has 130 valence electrons. The van der Waals surface area contributed by atoms with Gasteiger partial charge in [-0.3, -0.25) is 0 Å². The highest BCUT2D eigenvalue weighted by Crippen LogP contribution is 2.29. The van der Waals surface area contributed by atoms with Crippen LogP contribution in [0.25, 0.3) is 11.3 Å². The van der Waals surface area contributed by atoms with E-state index in [2.05, 4.69) is 21.4 Å². The van der Waals surface area contributed by atoms with Crippen molar-refractivity contribution >= 4 is 27.4 Å². The Morgan fingerprint density at radius 1 is 1.28 bits per heavy atom. The number of hydrogen-bond acceptors (Lipinski definition) is 7. The molecule has 0 spiro atoms. The van der Waals surface area contributed by atoms with Crippen molar-refractivity contribution in [3.63, 3.8) is 0 Å². The van der Waals surface area contributed by atoms with Gasteiger partial charge in [0.1, 0.15) is 17.5 Å². The Hall–Kier alpha value is -2.11. The summed E-state index contributed by atoms with van der Waals surface area (Å²) in [6.45, 7) is 2.00. The SMILES string of the molecule is CSc1nc(NC2CCS(=O)(=O)C2)c(C#N)c(-c2ccc(C)cc2)n1. The lowest BCUT2D eigenvalue weighted by molar-refractivity contribution is 0.602. The zero-order valence-corrected chi connectivity index (χ0v) is 15.6. The van der Waals surface area contributed by atoms with Gasteiger partial charge < -0.3 is 5.32 Å². The third-order valence-electron chi connectivity index (χ3n) is 4.08. The highest BCUT2D eigenvalue weighted by molar-refractivity contribution is 7.98. The molecule has 0 bridgehead atoms. The summed E-state index contributed by atoms with van der Waals surface area (Å²) in [4.78, 5) is 8.90. The maximum absolute atomic E-state index is 11.7. The van der Waals surface area contributed by atoms with Crippen molar-refractivity contribution in [3.8, 4) is 17.3 Å². The molecule has 3 rings (SSSR count). The van der Waals surface area contributed by atoms with Gasteiger partial charge in [0.25, 0.3) is 0 Å². The summed E-state index contributed by atoms with van der Waals surface area (Å²) < 4.78 is 23.4. The standard InChI is InChI=1S/C17H18N4O2S2/c1-11-3-5-12(6-4-11)15-14(9-18)16(21-17(20-15)24-2)19-13-7-8-25(22,23)10-13/h3-6,13H,7-8,10H2,1-2H3,(H,19,20,21). The van der Waals surface area contributed by atoms with Crippen LogP contribution in [0.4, 0.5) is 5.82 Å². The largest absolute Gasteiger partial charge is 0.365 e. The average Bonchev–Trinajstić information content (AvgIpc) is 2.93. The first kappa shape index (κ1) is 17.7. The molecule has 1 saturated heterocycles. The number of nitrogens with one attached hydrogen (secondary N) is 1. The number of aromatic nitrogens is 2. The van der Waals surface area contributed by atoms with E-state index in [1.54, 1.807) is 0 Å². The predicted octanol–water partition coefficient (Wildman–Crippen LogP) is 2.64. The van der Waals surface area contributed by atoms with Crippen molar-refractivity contribution in [1.29, 1.82) is 5.26 Å². The van der Waals surface area contributed by atoms with E-state index in [-0.39, 0.29) is 17.5 Å². The van der Waals surface area contributed by atoms with Gasteiger partial charge in [-0.15, -0.1) is 0 Å². The Kier molecular flexibility index (Phi) is 4.97. The number of thioether (sulfide) groups is 1. The molecule has 0 saturated carbocycles. The quantitative estimate of drug-likeness (QED) is 0.649. The molecule has 1 aromatic heterocycles. The van der Waals surface area contributed by atoms with Crippen LogP contribution >= 0.6 is 11.8 Å². The lowest BCUT2D eigenvalue weighted by Crippen LogP contribution is -2.22. The molecule has 25 heavy (non-hydrogen) atoms. The topological polar surface area (TPSA) is 95.7 Å². The second kappa shape index (κ2) is 7.02. The summed E-state index contributed by atoms with van der Waals surface area (Å²) in [5, 5.41) is 13.3. The van der Waals surface area contributed by atoms with E-state index in [0.717, 1.165) is 11.1 Å². The summed E-state index contributed by atoms with van der Waals surface area (Å²) >= 11 is 1.38. The number of aryl methyl sites for hydroxylation is 1.